The van der Waals surface area contributed by atoms with Gasteiger partial charge in [0.05, 0.1) is 19.8 Å². The van der Waals surface area contributed by atoms with Gasteiger partial charge in [-0.3, -0.25) is 9.59 Å². The summed E-state index contributed by atoms with van der Waals surface area (Å²) in [6.07, 6.45) is 8.78. The van der Waals surface area contributed by atoms with Crippen molar-refractivity contribution in [2.75, 3.05) is 47.0 Å². The minimum absolute atomic E-state index is 0.0139. The van der Waals surface area contributed by atoms with Gasteiger partial charge in [0.2, 0.25) is 0 Å². The Kier molecular flexibility index (Phi) is 9.83. The molecule has 0 spiro atoms. The molecule has 0 atom stereocenters. The largest absolute Gasteiger partial charge is 0.497 e. The zero-order chi connectivity index (χ0) is 26.0. The summed E-state index contributed by atoms with van der Waals surface area (Å²) in [6.45, 7) is 4.00. The molecule has 1 N–H and O–H groups in total. The fraction of sp³-hybridized carbons (Fsp3) is 0.533. The lowest BCUT2D eigenvalue weighted by Crippen LogP contribution is -2.41. The zero-order valence-corrected chi connectivity index (χ0v) is 22.2. The normalized spacial score (nSPS) is 16.9. The Morgan fingerprint density at radius 1 is 0.865 bits per heavy atom. The molecule has 0 bridgehead atoms. The van der Waals surface area contributed by atoms with Crippen LogP contribution < -0.4 is 19.5 Å². The van der Waals surface area contributed by atoms with Crippen molar-refractivity contribution in [3.8, 4) is 17.2 Å². The van der Waals surface area contributed by atoms with Gasteiger partial charge < -0.3 is 24.4 Å². The molecule has 2 heterocycles. The number of amides is 1. The number of ether oxygens (including phenoxy) is 3. The zero-order valence-electron chi connectivity index (χ0n) is 22.2. The van der Waals surface area contributed by atoms with Gasteiger partial charge in [0, 0.05) is 24.7 Å². The highest BCUT2D eigenvalue weighted by Crippen LogP contribution is 2.28. The Bertz CT molecular complexity index is 1020. The van der Waals surface area contributed by atoms with E-state index in [0.717, 1.165) is 37.8 Å². The van der Waals surface area contributed by atoms with E-state index >= 15 is 0 Å². The molecular weight excluding hydrogens is 468 g/mol. The Hall–Kier alpha value is -3.06. The van der Waals surface area contributed by atoms with E-state index in [1.54, 1.807) is 49.6 Å². The lowest BCUT2D eigenvalue weighted by molar-refractivity contribution is -0.134. The van der Waals surface area contributed by atoms with E-state index in [4.69, 9.17) is 14.2 Å². The molecule has 2 aliphatic rings. The quantitative estimate of drug-likeness (QED) is 0.443. The van der Waals surface area contributed by atoms with Gasteiger partial charge in [-0.25, -0.2) is 0 Å². The van der Waals surface area contributed by atoms with Crippen LogP contribution in [0.3, 0.4) is 0 Å². The first-order valence-electron chi connectivity index (χ1n) is 13.6. The van der Waals surface area contributed by atoms with Crippen LogP contribution >= 0.6 is 0 Å². The number of rotatable bonds is 11. The van der Waals surface area contributed by atoms with E-state index in [9.17, 15) is 9.59 Å². The summed E-state index contributed by atoms with van der Waals surface area (Å²) < 4.78 is 16.3. The van der Waals surface area contributed by atoms with Crippen LogP contribution in [0.5, 0.6) is 17.2 Å². The summed E-state index contributed by atoms with van der Waals surface area (Å²) in [5.74, 6) is 3.16. The summed E-state index contributed by atoms with van der Waals surface area (Å²) in [5, 5.41) is 3.44. The van der Waals surface area contributed by atoms with Crippen molar-refractivity contribution in [1.29, 1.82) is 0 Å². The first kappa shape index (κ1) is 27.0. The third-order valence-electron chi connectivity index (χ3n) is 7.78. The molecule has 37 heavy (non-hydrogen) atoms. The van der Waals surface area contributed by atoms with Crippen molar-refractivity contribution < 1.29 is 23.8 Å². The van der Waals surface area contributed by atoms with Crippen LogP contribution in [0, 0.1) is 11.8 Å². The van der Waals surface area contributed by atoms with Crippen LogP contribution in [-0.4, -0.2) is 63.6 Å². The number of hydrogen-bond acceptors (Lipinski definition) is 6. The fourth-order valence-electron chi connectivity index (χ4n) is 5.42. The molecular formula is C30H40N2O5. The van der Waals surface area contributed by atoms with Gasteiger partial charge in [-0.1, -0.05) is 19.3 Å². The lowest BCUT2D eigenvalue weighted by atomic mass is 9.87. The molecule has 0 unspecified atom stereocenters. The average molecular weight is 509 g/mol. The third kappa shape index (κ3) is 7.48. The fourth-order valence-corrected chi connectivity index (χ4v) is 5.42. The van der Waals surface area contributed by atoms with Crippen molar-refractivity contribution in [1.82, 2.24) is 10.2 Å². The highest BCUT2D eigenvalue weighted by Gasteiger charge is 2.23. The number of hydrogen-bond donors (Lipinski definition) is 1. The molecule has 2 aliphatic heterocycles. The van der Waals surface area contributed by atoms with Crippen molar-refractivity contribution in [3.05, 3.63) is 53.6 Å². The van der Waals surface area contributed by atoms with Crippen LogP contribution in [0.4, 0.5) is 0 Å². The second-order valence-corrected chi connectivity index (χ2v) is 10.2. The number of nitrogens with one attached hydrogen (secondary N) is 1. The molecule has 2 aromatic carbocycles. The molecule has 0 aromatic heterocycles. The minimum atomic E-state index is -0.152. The van der Waals surface area contributed by atoms with E-state index in [1.807, 2.05) is 4.90 Å². The molecule has 2 aromatic rings. The maximum atomic E-state index is 13.0. The first-order chi connectivity index (χ1) is 18.1. The smallest absolute Gasteiger partial charge is 0.260 e. The Labute approximate surface area is 220 Å². The summed E-state index contributed by atoms with van der Waals surface area (Å²) in [4.78, 5) is 27.6. The SMILES string of the molecule is COc1ccc(C(=O)c2ccc(OCC(=O)N3CCC(CCCC4CCNCC4)CC3)cc2)c(OC)c1. The second kappa shape index (κ2) is 13.5. The van der Waals surface area contributed by atoms with Crippen LogP contribution in [0.15, 0.2) is 42.5 Å². The van der Waals surface area contributed by atoms with Crippen LogP contribution in [-0.2, 0) is 4.79 Å². The van der Waals surface area contributed by atoms with E-state index in [1.165, 1.54) is 52.3 Å². The van der Waals surface area contributed by atoms with Crippen LogP contribution in [0.2, 0.25) is 0 Å². The van der Waals surface area contributed by atoms with E-state index in [-0.39, 0.29) is 18.3 Å². The van der Waals surface area contributed by atoms with E-state index < -0.39 is 0 Å². The van der Waals surface area contributed by atoms with Crippen molar-refractivity contribution in [3.63, 3.8) is 0 Å². The van der Waals surface area contributed by atoms with Crippen molar-refractivity contribution in [2.45, 2.75) is 44.9 Å². The number of nitrogens with zero attached hydrogens (tertiary/aromatic N) is 1. The standard InChI is InChI=1S/C30H40N2O5/c1-35-26-10-11-27(28(20-26)36-2)30(34)24-6-8-25(9-7-24)37-21-29(33)32-18-14-23(15-19-32)5-3-4-22-12-16-31-17-13-22/h6-11,20,22-23,31H,3-5,12-19,21H2,1-2H3. The van der Waals surface area contributed by atoms with Crippen LogP contribution in [0.25, 0.3) is 0 Å². The molecule has 0 aliphatic carbocycles. The number of likely N-dealkylation sites (tertiary alicyclic amines) is 1. The van der Waals surface area contributed by atoms with Gasteiger partial charge in [0.15, 0.2) is 12.4 Å². The number of carbonyl (C=O) groups is 2. The Balaban J connectivity index is 1.19. The molecule has 4 rings (SSSR count). The highest BCUT2D eigenvalue weighted by atomic mass is 16.5. The topological polar surface area (TPSA) is 77.1 Å². The minimum Gasteiger partial charge on any atom is -0.497 e. The van der Waals surface area contributed by atoms with Gasteiger partial charge in [-0.05, 0) is 87.0 Å². The maximum absolute atomic E-state index is 13.0. The van der Waals surface area contributed by atoms with Gasteiger partial charge in [-0.2, -0.15) is 0 Å². The molecule has 0 saturated carbocycles. The summed E-state index contributed by atoms with van der Waals surface area (Å²) in [6, 6.07) is 12.0. The van der Waals surface area contributed by atoms with Gasteiger partial charge >= 0.3 is 0 Å². The Morgan fingerprint density at radius 3 is 2.16 bits per heavy atom. The van der Waals surface area contributed by atoms with Gasteiger partial charge in [-0.15, -0.1) is 0 Å². The highest BCUT2D eigenvalue weighted by molar-refractivity contribution is 6.10. The number of methoxy groups -OCH3 is 2. The molecule has 7 nitrogen and oxygen atoms in total. The predicted molar refractivity (Wildman–Crippen MR) is 144 cm³/mol. The Morgan fingerprint density at radius 2 is 1.51 bits per heavy atom. The molecule has 7 heteroatoms. The number of piperidine rings is 2. The predicted octanol–water partition coefficient (Wildman–Crippen LogP) is 4.72. The maximum Gasteiger partial charge on any atom is 0.260 e. The third-order valence-corrected chi connectivity index (χ3v) is 7.78. The summed E-state index contributed by atoms with van der Waals surface area (Å²) in [5.41, 5.74) is 0.978. The molecule has 1 amide bonds. The van der Waals surface area contributed by atoms with Crippen molar-refractivity contribution >= 4 is 11.7 Å². The van der Waals surface area contributed by atoms with Gasteiger partial charge in [0.1, 0.15) is 17.2 Å². The summed E-state index contributed by atoms with van der Waals surface area (Å²) >= 11 is 0. The molecule has 0 radical (unpaired) electrons. The average Bonchev–Trinajstić information content (AvgIpc) is 2.96. The van der Waals surface area contributed by atoms with E-state index in [2.05, 4.69) is 5.32 Å². The van der Waals surface area contributed by atoms with Crippen molar-refractivity contribution in [2.24, 2.45) is 11.8 Å². The molecule has 2 fully saturated rings. The number of carbonyl (C=O) groups excluding carboxylic acids is 2. The van der Waals surface area contributed by atoms with E-state index in [0.29, 0.717) is 28.4 Å². The van der Waals surface area contributed by atoms with Crippen LogP contribution in [0.1, 0.15) is 60.9 Å². The second-order valence-electron chi connectivity index (χ2n) is 10.2. The number of ketones is 1. The first-order valence-corrected chi connectivity index (χ1v) is 13.6. The van der Waals surface area contributed by atoms with Gasteiger partial charge in [0.25, 0.3) is 5.91 Å². The molecule has 200 valence electrons. The lowest BCUT2D eigenvalue weighted by Gasteiger charge is -2.32. The molecule has 2 saturated heterocycles. The summed E-state index contributed by atoms with van der Waals surface area (Å²) in [7, 11) is 3.10. The number of benzene rings is 2. The monoisotopic (exact) mass is 508 g/mol.